The van der Waals surface area contributed by atoms with Gasteiger partial charge in [0, 0.05) is 26.3 Å². The van der Waals surface area contributed by atoms with Gasteiger partial charge in [0.1, 0.15) is 11.7 Å². The first-order chi connectivity index (χ1) is 31.0. The summed E-state index contributed by atoms with van der Waals surface area (Å²) in [4.78, 5) is 13.4. The fourth-order valence-corrected chi connectivity index (χ4v) is 11.9. The molecule has 0 radical (unpaired) electrons. The lowest BCUT2D eigenvalue weighted by molar-refractivity contribution is 0.550. The fraction of sp³-hybridized carbons (Fsp3) is 0.0847. The Kier molecular flexibility index (Phi) is 8.74. The molecule has 3 nitrogen and oxygen atoms in total. The molecular weight excluding hydrogens is 783 g/mol. The van der Waals surface area contributed by atoms with Gasteiger partial charge in [-0.15, -0.1) is 0 Å². The predicted molar refractivity (Wildman–Crippen MR) is 261 cm³/mol. The zero-order valence-electron chi connectivity index (χ0n) is 35.1. The summed E-state index contributed by atoms with van der Waals surface area (Å²) in [5, 5.41) is 6.02. The molecule has 63 heavy (non-hydrogen) atoms. The summed E-state index contributed by atoms with van der Waals surface area (Å²) in [6, 6.07) is 77.4. The highest BCUT2D eigenvalue weighted by atomic mass is 32.2. The maximum Gasteiger partial charge on any atom is 0.169 e. The number of nitrogens with one attached hydrogen (secondary N) is 1. The van der Waals surface area contributed by atoms with Gasteiger partial charge in [-0.3, -0.25) is 0 Å². The Hall–Kier alpha value is -7.27. The maximum absolute atomic E-state index is 5.47. The molecule has 0 saturated carbocycles. The fourth-order valence-electron chi connectivity index (χ4n) is 10.7. The van der Waals surface area contributed by atoms with E-state index in [1.54, 1.807) is 0 Å². The van der Waals surface area contributed by atoms with E-state index in [4.69, 9.17) is 9.98 Å². The zero-order chi connectivity index (χ0) is 42.1. The minimum atomic E-state index is -0.491. The molecule has 1 spiro atoms. The number of hydrogen-bond donors (Lipinski definition) is 1. The van der Waals surface area contributed by atoms with Crippen LogP contribution in [0.15, 0.2) is 232 Å². The Balaban J connectivity index is 1.05. The molecule has 1 atom stereocenters. The summed E-state index contributed by atoms with van der Waals surface area (Å²) in [7, 11) is 0. The number of fused-ring (bicyclic) bond motifs is 9. The van der Waals surface area contributed by atoms with Gasteiger partial charge in [0.05, 0.1) is 5.41 Å². The molecule has 1 aliphatic carbocycles. The Labute approximate surface area is 373 Å². The second kappa shape index (κ2) is 14.7. The monoisotopic (exact) mass is 825 g/mol. The van der Waals surface area contributed by atoms with E-state index in [0.717, 1.165) is 39.3 Å². The van der Waals surface area contributed by atoms with E-state index >= 15 is 0 Å². The van der Waals surface area contributed by atoms with Crippen molar-refractivity contribution >= 4 is 34.2 Å². The summed E-state index contributed by atoms with van der Waals surface area (Å²) in [6.07, 6.45) is -0.474. The standard InChI is InChI=1S/C59H43N3S/c1-58(2)47-28-11-12-29-48(47)59(49-30-13-15-33-52(49)63-53-34-16-14-31-50(53)59)51-32-18-27-43(54(51)58)40-23-17-24-41(37-40)56-60-55(39-21-7-4-8-22-39)61-57(62-56)46-36-35-42(38-19-5-3-6-20-38)44-25-9-10-26-45(44)46/h3-37,56H,1-2H3,(H,60,61,62). The molecule has 0 aromatic heterocycles. The maximum atomic E-state index is 5.47. The van der Waals surface area contributed by atoms with Gasteiger partial charge in [0.2, 0.25) is 0 Å². The molecule has 9 aromatic carbocycles. The first-order valence-corrected chi connectivity index (χ1v) is 22.6. The SMILES string of the molecule is CC1(C)c2ccccc2C2(c3ccccc3Sc3ccccc32)c2cccc(-c3cccc(C4N=C(c5ccccc5)NC(c5ccc(-c6ccccc6)c6ccccc56)=N4)c3)c21. The van der Waals surface area contributed by atoms with E-state index < -0.39 is 11.6 Å². The molecule has 9 aromatic rings. The van der Waals surface area contributed by atoms with Crippen molar-refractivity contribution in [2.75, 3.05) is 0 Å². The smallest absolute Gasteiger partial charge is 0.169 e. The molecule has 0 bridgehead atoms. The highest BCUT2D eigenvalue weighted by Gasteiger charge is 2.52. The van der Waals surface area contributed by atoms with Gasteiger partial charge >= 0.3 is 0 Å². The summed E-state index contributed by atoms with van der Waals surface area (Å²) < 4.78 is 0. The van der Waals surface area contributed by atoms with Crippen molar-refractivity contribution in [3.63, 3.8) is 0 Å². The van der Waals surface area contributed by atoms with Crippen molar-refractivity contribution in [2.45, 2.75) is 40.6 Å². The second-order valence-corrected chi connectivity index (χ2v) is 18.3. The number of rotatable bonds is 5. The van der Waals surface area contributed by atoms with Crippen molar-refractivity contribution in [3.8, 4) is 22.3 Å². The molecule has 0 amide bonds. The van der Waals surface area contributed by atoms with Crippen LogP contribution >= 0.6 is 11.8 Å². The average molecular weight is 826 g/mol. The lowest BCUT2D eigenvalue weighted by Crippen LogP contribution is -2.43. The van der Waals surface area contributed by atoms with Crippen molar-refractivity contribution in [1.82, 2.24) is 5.32 Å². The van der Waals surface area contributed by atoms with E-state index in [1.165, 1.54) is 65.2 Å². The van der Waals surface area contributed by atoms with Crippen LogP contribution in [0.3, 0.4) is 0 Å². The van der Waals surface area contributed by atoms with Crippen LogP contribution < -0.4 is 5.32 Å². The first kappa shape index (κ1) is 37.5. The Morgan fingerprint density at radius 3 is 1.65 bits per heavy atom. The predicted octanol–water partition coefficient (Wildman–Crippen LogP) is 14.2. The molecule has 1 N–H and O–H groups in total. The van der Waals surface area contributed by atoms with Crippen LogP contribution in [0.25, 0.3) is 33.0 Å². The number of amidine groups is 2. The van der Waals surface area contributed by atoms with Crippen LogP contribution in [0.2, 0.25) is 0 Å². The van der Waals surface area contributed by atoms with Gasteiger partial charge in [-0.2, -0.15) is 0 Å². The van der Waals surface area contributed by atoms with Crippen molar-refractivity contribution in [1.29, 1.82) is 0 Å². The molecule has 2 heterocycles. The first-order valence-electron chi connectivity index (χ1n) is 21.8. The van der Waals surface area contributed by atoms with E-state index in [2.05, 4.69) is 225 Å². The molecular formula is C59H43N3S. The van der Waals surface area contributed by atoms with E-state index in [1.807, 2.05) is 17.8 Å². The van der Waals surface area contributed by atoms with Gasteiger partial charge in [0.25, 0.3) is 0 Å². The zero-order valence-corrected chi connectivity index (χ0v) is 35.9. The Bertz CT molecular complexity index is 3280. The molecule has 3 aliphatic rings. The highest BCUT2D eigenvalue weighted by Crippen LogP contribution is 2.62. The number of hydrogen-bond acceptors (Lipinski definition) is 4. The van der Waals surface area contributed by atoms with Gasteiger partial charge in [-0.05, 0) is 90.2 Å². The third kappa shape index (κ3) is 5.82. The summed E-state index contributed by atoms with van der Waals surface area (Å²) in [6.45, 7) is 4.82. The third-order valence-corrected chi connectivity index (χ3v) is 14.6. The minimum absolute atomic E-state index is 0.302. The molecule has 4 heteroatoms. The normalized spacial score (nSPS) is 16.4. The van der Waals surface area contributed by atoms with Crippen molar-refractivity contribution in [3.05, 3.63) is 262 Å². The second-order valence-electron chi connectivity index (χ2n) is 17.3. The Morgan fingerprint density at radius 2 is 0.937 bits per heavy atom. The van der Waals surface area contributed by atoms with E-state index in [9.17, 15) is 0 Å². The largest absolute Gasteiger partial charge is 0.324 e. The van der Waals surface area contributed by atoms with Gasteiger partial charge in [-0.25, -0.2) is 9.98 Å². The van der Waals surface area contributed by atoms with Gasteiger partial charge < -0.3 is 5.32 Å². The van der Waals surface area contributed by atoms with E-state index in [0.29, 0.717) is 0 Å². The van der Waals surface area contributed by atoms with Crippen LogP contribution in [0.1, 0.15) is 70.1 Å². The lowest BCUT2D eigenvalue weighted by atomic mass is 9.53. The minimum Gasteiger partial charge on any atom is -0.324 e. The quantitative estimate of drug-likeness (QED) is 0.188. The van der Waals surface area contributed by atoms with Crippen LogP contribution in [0.5, 0.6) is 0 Å². The van der Waals surface area contributed by atoms with Crippen LogP contribution in [-0.4, -0.2) is 11.7 Å². The number of aliphatic imine (C=N–C) groups is 2. The molecule has 0 fully saturated rings. The Morgan fingerprint density at radius 1 is 0.413 bits per heavy atom. The molecule has 300 valence electrons. The summed E-state index contributed by atoms with van der Waals surface area (Å²) in [5.74, 6) is 1.61. The van der Waals surface area contributed by atoms with Crippen LogP contribution in [-0.2, 0) is 10.8 Å². The molecule has 2 aliphatic heterocycles. The van der Waals surface area contributed by atoms with Crippen LogP contribution in [0, 0.1) is 0 Å². The number of benzene rings is 9. The van der Waals surface area contributed by atoms with Gasteiger partial charge in [0.15, 0.2) is 6.17 Å². The van der Waals surface area contributed by atoms with Gasteiger partial charge in [-0.1, -0.05) is 220 Å². The van der Waals surface area contributed by atoms with Crippen LogP contribution in [0.4, 0.5) is 0 Å². The molecule has 0 saturated heterocycles. The van der Waals surface area contributed by atoms with Crippen molar-refractivity contribution in [2.24, 2.45) is 9.98 Å². The molecule has 12 rings (SSSR count). The summed E-state index contributed by atoms with van der Waals surface area (Å²) >= 11 is 1.88. The summed E-state index contributed by atoms with van der Waals surface area (Å²) in [5.41, 5.74) is 15.2. The third-order valence-electron chi connectivity index (χ3n) is 13.4. The topological polar surface area (TPSA) is 36.8 Å². The van der Waals surface area contributed by atoms with Crippen molar-refractivity contribution < 1.29 is 0 Å². The highest BCUT2D eigenvalue weighted by molar-refractivity contribution is 7.99. The lowest BCUT2D eigenvalue weighted by Gasteiger charge is -2.51. The van der Waals surface area contributed by atoms with E-state index in [-0.39, 0.29) is 5.41 Å². The number of nitrogens with zero attached hydrogens (tertiary/aromatic N) is 2. The average Bonchev–Trinajstić information content (AvgIpc) is 3.35. The molecule has 1 unspecified atom stereocenters.